The molecule has 0 radical (unpaired) electrons. The van der Waals surface area contributed by atoms with E-state index in [-0.39, 0.29) is 18.5 Å². The third kappa shape index (κ3) is 7.33. The number of nitrogens with one attached hydrogen (secondary N) is 3. The molecule has 20 heavy (non-hydrogen) atoms. The first-order valence-corrected chi connectivity index (χ1v) is 7.04. The Kier molecular flexibility index (Phi) is 8.78. The Labute approximate surface area is 119 Å². The molecular weight excluding hydrogens is 257 g/mol. The minimum absolute atomic E-state index is 0.00189. The van der Waals surface area contributed by atoms with Crippen molar-refractivity contribution < 1.29 is 9.50 Å². The Morgan fingerprint density at radius 1 is 1.20 bits per heavy atom. The van der Waals surface area contributed by atoms with Crippen LogP contribution in [0.15, 0.2) is 24.3 Å². The molecule has 1 aromatic rings. The second-order valence-electron chi connectivity index (χ2n) is 4.76. The van der Waals surface area contributed by atoms with Gasteiger partial charge in [0.05, 0.1) is 6.61 Å². The number of rotatable bonds is 11. The zero-order valence-electron chi connectivity index (χ0n) is 11.7. The van der Waals surface area contributed by atoms with Gasteiger partial charge in [-0.3, -0.25) is 0 Å². The zero-order chi connectivity index (χ0) is 14.6. The molecule has 0 saturated heterocycles. The molecular formula is C15H24FN3O. The Hall–Kier alpha value is -1.30. The maximum atomic E-state index is 12.8. The summed E-state index contributed by atoms with van der Waals surface area (Å²) in [6.07, 6.45) is 3.82. The van der Waals surface area contributed by atoms with Gasteiger partial charge in [-0.25, -0.2) is 4.39 Å². The van der Waals surface area contributed by atoms with Gasteiger partial charge in [0, 0.05) is 12.6 Å². The number of aliphatic hydroxyl groups excluding tert-OH is 1. The summed E-state index contributed by atoms with van der Waals surface area (Å²) in [6.45, 7) is 2.63. The van der Waals surface area contributed by atoms with Crippen LogP contribution in [0.1, 0.15) is 18.4 Å². The van der Waals surface area contributed by atoms with Crippen molar-refractivity contribution in [3.05, 3.63) is 35.6 Å². The molecule has 1 rings (SSSR count). The fraction of sp³-hybridized carbons (Fsp3) is 0.533. The van der Waals surface area contributed by atoms with E-state index in [2.05, 4.69) is 10.6 Å². The van der Waals surface area contributed by atoms with E-state index in [0.29, 0.717) is 6.42 Å². The summed E-state index contributed by atoms with van der Waals surface area (Å²) in [7, 11) is 0. The summed E-state index contributed by atoms with van der Waals surface area (Å²) >= 11 is 0. The minimum atomic E-state index is -0.238. The van der Waals surface area contributed by atoms with Crippen LogP contribution in [0.2, 0.25) is 0 Å². The average Bonchev–Trinajstić information content (AvgIpc) is 2.47. The Bertz CT molecular complexity index is 370. The third-order valence-corrected chi connectivity index (χ3v) is 3.04. The lowest BCUT2D eigenvalue weighted by molar-refractivity contribution is 0.241. The molecule has 0 fully saturated rings. The summed E-state index contributed by atoms with van der Waals surface area (Å²) in [5.74, 6) is -0.238. The van der Waals surface area contributed by atoms with Gasteiger partial charge in [0.15, 0.2) is 0 Å². The smallest absolute Gasteiger partial charge is 0.123 e. The molecule has 5 heteroatoms. The van der Waals surface area contributed by atoms with E-state index in [1.54, 1.807) is 12.1 Å². The van der Waals surface area contributed by atoms with E-state index in [9.17, 15) is 9.50 Å². The van der Waals surface area contributed by atoms with E-state index < -0.39 is 0 Å². The van der Waals surface area contributed by atoms with Crippen LogP contribution in [0, 0.1) is 11.2 Å². The van der Waals surface area contributed by atoms with Crippen LogP contribution in [0.4, 0.5) is 4.39 Å². The van der Waals surface area contributed by atoms with Gasteiger partial charge in [0.1, 0.15) is 5.82 Å². The minimum Gasteiger partial charge on any atom is -0.395 e. The summed E-state index contributed by atoms with van der Waals surface area (Å²) in [6, 6.07) is 6.38. The maximum absolute atomic E-state index is 12.8. The Balaban J connectivity index is 2.16. The molecule has 0 aromatic heterocycles. The van der Waals surface area contributed by atoms with Crippen molar-refractivity contribution in [3.63, 3.8) is 0 Å². The molecule has 0 bridgehead atoms. The predicted octanol–water partition coefficient (Wildman–Crippen LogP) is 1.34. The molecule has 0 aliphatic carbocycles. The molecule has 1 aromatic carbocycles. The van der Waals surface area contributed by atoms with E-state index >= 15 is 0 Å². The van der Waals surface area contributed by atoms with Gasteiger partial charge in [-0.05, 0) is 56.3 Å². The highest BCUT2D eigenvalue weighted by molar-refractivity contribution is 5.52. The van der Waals surface area contributed by atoms with E-state index in [0.717, 1.165) is 38.0 Å². The van der Waals surface area contributed by atoms with Gasteiger partial charge < -0.3 is 21.1 Å². The molecule has 0 aliphatic rings. The lowest BCUT2D eigenvalue weighted by atomic mass is 10.1. The van der Waals surface area contributed by atoms with E-state index in [1.807, 2.05) is 0 Å². The SMILES string of the molecule is N=CCCNCCCNC(CO)Cc1ccc(F)cc1. The molecule has 0 amide bonds. The average molecular weight is 281 g/mol. The van der Waals surface area contributed by atoms with Crippen LogP contribution in [0.25, 0.3) is 0 Å². The molecule has 4 nitrogen and oxygen atoms in total. The second kappa shape index (κ2) is 10.5. The lowest BCUT2D eigenvalue weighted by Crippen LogP contribution is -2.36. The van der Waals surface area contributed by atoms with Gasteiger partial charge >= 0.3 is 0 Å². The number of hydrogen-bond donors (Lipinski definition) is 4. The lowest BCUT2D eigenvalue weighted by Gasteiger charge is -2.16. The van der Waals surface area contributed by atoms with Crippen molar-refractivity contribution in [2.45, 2.75) is 25.3 Å². The molecule has 1 atom stereocenters. The van der Waals surface area contributed by atoms with Crippen molar-refractivity contribution in [2.24, 2.45) is 0 Å². The van der Waals surface area contributed by atoms with Crippen molar-refractivity contribution >= 4 is 6.21 Å². The largest absolute Gasteiger partial charge is 0.395 e. The van der Waals surface area contributed by atoms with Crippen LogP contribution in [0.3, 0.4) is 0 Å². The first kappa shape index (κ1) is 16.8. The summed E-state index contributed by atoms with van der Waals surface area (Å²) in [5.41, 5.74) is 1.02. The number of aliphatic hydroxyl groups is 1. The van der Waals surface area contributed by atoms with Crippen molar-refractivity contribution in [1.82, 2.24) is 10.6 Å². The summed E-state index contributed by atoms with van der Waals surface area (Å²) in [5, 5.41) is 22.8. The van der Waals surface area contributed by atoms with Crippen molar-refractivity contribution in [3.8, 4) is 0 Å². The monoisotopic (exact) mass is 281 g/mol. The highest BCUT2D eigenvalue weighted by Gasteiger charge is 2.07. The maximum Gasteiger partial charge on any atom is 0.123 e. The first-order valence-electron chi connectivity index (χ1n) is 7.04. The topological polar surface area (TPSA) is 68.1 Å². The van der Waals surface area contributed by atoms with Crippen LogP contribution < -0.4 is 10.6 Å². The molecule has 0 saturated carbocycles. The highest BCUT2D eigenvalue weighted by atomic mass is 19.1. The zero-order valence-corrected chi connectivity index (χ0v) is 11.7. The van der Waals surface area contributed by atoms with Gasteiger partial charge in [0.25, 0.3) is 0 Å². The van der Waals surface area contributed by atoms with E-state index in [1.165, 1.54) is 18.3 Å². The normalized spacial score (nSPS) is 12.3. The standard InChI is InChI=1S/C15H24FN3O/c16-14-5-3-13(4-6-14)11-15(12-20)19-10-2-9-18-8-1-7-17/h3-7,15,17-20H,1-2,8-12H2. The molecule has 1 unspecified atom stereocenters. The summed E-state index contributed by atoms with van der Waals surface area (Å²) < 4.78 is 12.8. The predicted molar refractivity (Wildman–Crippen MR) is 79.9 cm³/mol. The van der Waals surface area contributed by atoms with Crippen LogP contribution in [0.5, 0.6) is 0 Å². The van der Waals surface area contributed by atoms with Crippen LogP contribution in [-0.4, -0.2) is 43.6 Å². The number of benzene rings is 1. The fourth-order valence-corrected chi connectivity index (χ4v) is 1.93. The van der Waals surface area contributed by atoms with Crippen LogP contribution >= 0.6 is 0 Å². The van der Waals surface area contributed by atoms with Gasteiger partial charge in [-0.2, -0.15) is 0 Å². The Morgan fingerprint density at radius 2 is 1.95 bits per heavy atom. The first-order chi connectivity index (χ1) is 9.76. The van der Waals surface area contributed by atoms with E-state index in [4.69, 9.17) is 5.41 Å². The highest BCUT2D eigenvalue weighted by Crippen LogP contribution is 2.05. The number of halogens is 1. The van der Waals surface area contributed by atoms with Gasteiger partial charge in [-0.15, -0.1) is 0 Å². The molecule has 0 heterocycles. The number of hydrogen-bond acceptors (Lipinski definition) is 4. The van der Waals surface area contributed by atoms with Crippen LogP contribution in [-0.2, 0) is 6.42 Å². The van der Waals surface area contributed by atoms with Crippen molar-refractivity contribution in [1.29, 1.82) is 5.41 Å². The summed E-state index contributed by atoms with van der Waals surface area (Å²) in [4.78, 5) is 0. The molecule has 0 spiro atoms. The quantitative estimate of drug-likeness (QED) is 0.365. The Morgan fingerprint density at radius 3 is 2.60 bits per heavy atom. The van der Waals surface area contributed by atoms with Gasteiger partial charge in [0.2, 0.25) is 0 Å². The second-order valence-corrected chi connectivity index (χ2v) is 4.76. The molecule has 0 aliphatic heterocycles. The van der Waals surface area contributed by atoms with Gasteiger partial charge in [-0.1, -0.05) is 12.1 Å². The third-order valence-electron chi connectivity index (χ3n) is 3.04. The molecule has 4 N–H and O–H groups in total. The molecule has 112 valence electrons. The van der Waals surface area contributed by atoms with Crippen molar-refractivity contribution in [2.75, 3.05) is 26.2 Å². The fourth-order valence-electron chi connectivity index (χ4n) is 1.93.